The quantitative estimate of drug-likeness (QED) is 0.648. The van der Waals surface area contributed by atoms with E-state index in [-0.39, 0.29) is 24.0 Å². The molecule has 1 saturated heterocycles. The molecule has 9 nitrogen and oxygen atoms in total. The van der Waals surface area contributed by atoms with Crippen molar-refractivity contribution >= 4 is 39.8 Å². The molecule has 0 unspecified atom stereocenters. The van der Waals surface area contributed by atoms with Crippen LogP contribution in [0.25, 0.3) is 10.8 Å². The summed E-state index contributed by atoms with van der Waals surface area (Å²) in [5.41, 5.74) is 14.4. The summed E-state index contributed by atoms with van der Waals surface area (Å²) in [6.07, 6.45) is 0. The number of nitrogen functional groups attached to an aromatic ring is 2. The first-order valence-electron chi connectivity index (χ1n) is 10.1. The van der Waals surface area contributed by atoms with E-state index in [0.717, 1.165) is 5.56 Å². The summed E-state index contributed by atoms with van der Waals surface area (Å²) in [4.78, 5) is 24.7. The van der Waals surface area contributed by atoms with Gasteiger partial charge in [-0.15, -0.1) is 0 Å². The minimum absolute atomic E-state index is 0.0986. The van der Waals surface area contributed by atoms with Gasteiger partial charge in [-0.2, -0.15) is 5.26 Å². The molecule has 2 aromatic heterocycles. The van der Waals surface area contributed by atoms with Crippen molar-refractivity contribution in [2.75, 3.05) is 54.1 Å². The summed E-state index contributed by atoms with van der Waals surface area (Å²) in [7, 11) is 0. The van der Waals surface area contributed by atoms with Crippen LogP contribution in [-0.2, 0) is 11.3 Å². The number of nitrogens with zero attached hydrogens (tertiary/aromatic N) is 4. The van der Waals surface area contributed by atoms with Gasteiger partial charge in [0.15, 0.2) is 5.78 Å². The highest BCUT2D eigenvalue weighted by Crippen LogP contribution is 2.40. The Balaban J connectivity index is 1.73. The average Bonchev–Trinajstić information content (AvgIpc) is 3.09. The van der Waals surface area contributed by atoms with Gasteiger partial charge in [0, 0.05) is 11.9 Å². The highest BCUT2D eigenvalue weighted by atomic mass is 16.5. The van der Waals surface area contributed by atoms with Gasteiger partial charge in [0.25, 0.3) is 0 Å². The SMILES string of the molecule is N#Cc1c(N2CCOCC2)[nH+]c(N)c2c(N)nc3c(c12)C(=O)CN3Cc1ccccc1. The van der Waals surface area contributed by atoms with Crippen molar-refractivity contribution in [1.82, 2.24) is 4.98 Å². The van der Waals surface area contributed by atoms with Crippen LogP contribution in [-0.4, -0.2) is 43.6 Å². The summed E-state index contributed by atoms with van der Waals surface area (Å²) < 4.78 is 5.43. The highest BCUT2D eigenvalue weighted by Gasteiger charge is 2.36. The molecule has 156 valence electrons. The van der Waals surface area contributed by atoms with Crippen LogP contribution in [0.2, 0.25) is 0 Å². The molecule has 1 aromatic carbocycles. The lowest BCUT2D eigenvalue weighted by Gasteiger charge is -2.25. The van der Waals surface area contributed by atoms with E-state index in [0.29, 0.717) is 66.4 Å². The van der Waals surface area contributed by atoms with Crippen LogP contribution in [0, 0.1) is 11.3 Å². The fraction of sp³-hybridized carbons (Fsp3) is 0.273. The molecule has 1 fully saturated rings. The molecule has 2 aliphatic heterocycles. The number of hydrogen-bond acceptors (Lipinski definition) is 8. The predicted molar refractivity (Wildman–Crippen MR) is 117 cm³/mol. The topological polar surface area (TPSA) is 136 Å². The Morgan fingerprint density at radius 1 is 1.16 bits per heavy atom. The average molecular weight is 416 g/mol. The molecule has 0 saturated carbocycles. The normalized spacial score (nSPS) is 15.9. The molecule has 5 N–H and O–H groups in total. The Bertz CT molecular complexity index is 1230. The van der Waals surface area contributed by atoms with Crippen molar-refractivity contribution in [3.8, 4) is 6.07 Å². The summed E-state index contributed by atoms with van der Waals surface area (Å²) in [6.45, 7) is 3.03. The Hall–Kier alpha value is -3.90. The third-order valence-electron chi connectivity index (χ3n) is 5.78. The standard InChI is InChI=1S/C22H21N7O2/c23-10-14-16-17-15(30)12-29(11-13-4-2-1-3-5-13)22(17)27-20(25)18(16)19(24)26-21(14)28-6-8-31-9-7-28/h1-5H,6-9,11-12H2,(H2,24,26)(H2,25,27)/p+1. The lowest BCUT2D eigenvalue weighted by atomic mass is 10.00. The summed E-state index contributed by atoms with van der Waals surface area (Å²) in [6, 6.07) is 12.1. The molecule has 0 spiro atoms. The number of morpholine rings is 1. The number of hydrogen-bond donors (Lipinski definition) is 2. The van der Waals surface area contributed by atoms with E-state index in [1.807, 2.05) is 40.1 Å². The molecule has 0 radical (unpaired) electrons. The molecule has 5 rings (SSSR count). The van der Waals surface area contributed by atoms with E-state index in [9.17, 15) is 10.1 Å². The maximum Gasteiger partial charge on any atom is 0.240 e. The first-order valence-corrected chi connectivity index (χ1v) is 10.1. The minimum Gasteiger partial charge on any atom is -0.383 e. The number of nitrogens with two attached hydrogens (primary N) is 2. The zero-order chi connectivity index (χ0) is 21.5. The number of anilines is 4. The number of aromatic nitrogens is 2. The van der Waals surface area contributed by atoms with Crippen molar-refractivity contribution in [2.45, 2.75) is 6.54 Å². The largest absolute Gasteiger partial charge is 0.383 e. The van der Waals surface area contributed by atoms with Crippen LogP contribution in [0.5, 0.6) is 0 Å². The summed E-state index contributed by atoms with van der Waals surface area (Å²) in [5.74, 6) is 1.46. The van der Waals surface area contributed by atoms with Gasteiger partial charge in [-0.05, 0) is 5.56 Å². The molecule has 0 bridgehead atoms. The third kappa shape index (κ3) is 3.08. The predicted octanol–water partition coefficient (Wildman–Crippen LogP) is 1.12. The van der Waals surface area contributed by atoms with E-state index in [2.05, 4.69) is 16.0 Å². The van der Waals surface area contributed by atoms with Gasteiger partial charge in [-0.25, -0.2) is 9.97 Å². The number of carbonyl (C=O) groups excluding carboxylic acids is 1. The Morgan fingerprint density at radius 2 is 1.90 bits per heavy atom. The molecule has 2 aliphatic rings. The van der Waals surface area contributed by atoms with Gasteiger partial charge >= 0.3 is 0 Å². The van der Waals surface area contributed by atoms with E-state index in [1.165, 1.54) is 0 Å². The number of nitriles is 1. The molecule has 0 aliphatic carbocycles. The van der Waals surface area contributed by atoms with Crippen molar-refractivity contribution in [2.24, 2.45) is 0 Å². The molecule has 9 heteroatoms. The van der Waals surface area contributed by atoms with Crippen LogP contribution < -0.4 is 26.3 Å². The van der Waals surface area contributed by atoms with Crippen LogP contribution in [0.4, 0.5) is 23.3 Å². The number of fused-ring (bicyclic) bond motifs is 3. The van der Waals surface area contributed by atoms with Crippen LogP contribution in [0.1, 0.15) is 21.5 Å². The number of nitrogens with one attached hydrogen (secondary N) is 1. The number of ether oxygens (including phenoxy) is 1. The van der Waals surface area contributed by atoms with Gasteiger partial charge in [0.1, 0.15) is 23.3 Å². The molecular weight excluding hydrogens is 394 g/mol. The first kappa shape index (κ1) is 19.1. The smallest absolute Gasteiger partial charge is 0.240 e. The number of aromatic amines is 1. The van der Waals surface area contributed by atoms with E-state index >= 15 is 0 Å². The van der Waals surface area contributed by atoms with E-state index in [1.54, 1.807) is 0 Å². The number of pyridine rings is 2. The lowest BCUT2D eigenvalue weighted by Crippen LogP contribution is -2.40. The number of H-pyrrole nitrogens is 1. The number of carbonyl (C=O) groups is 1. The third-order valence-corrected chi connectivity index (χ3v) is 5.78. The number of Topliss-reactive ketones (excluding diaryl/α,β-unsaturated/α-hetero) is 1. The van der Waals surface area contributed by atoms with Crippen molar-refractivity contribution in [3.63, 3.8) is 0 Å². The fourth-order valence-corrected chi connectivity index (χ4v) is 4.37. The first-order chi connectivity index (χ1) is 15.1. The van der Waals surface area contributed by atoms with Crippen molar-refractivity contribution < 1.29 is 14.5 Å². The molecule has 0 atom stereocenters. The summed E-state index contributed by atoms with van der Waals surface area (Å²) >= 11 is 0. The molecule has 31 heavy (non-hydrogen) atoms. The van der Waals surface area contributed by atoms with Crippen LogP contribution >= 0.6 is 0 Å². The molecule has 3 aromatic rings. The zero-order valence-electron chi connectivity index (χ0n) is 16.9. The maximum atomic E-state index is 13.1. The Kier molecular flexibility index (Phi) is 4.56. The minimum atomic E-state index is -0.0986. The monoisotopic (exact) mass is 416 g/mol. The maximum absolute atomic E-state index is 13.1. The molecular formula is C22H22N7O2+. The fourth-order valence-electron chi connectivity index (χ4n) is 4.37. The molecule has 0 amide bonds. The Labute approximate surface area is 178 Å². The van der Waals surface area contributed by atoms with E-state index in [4.69, 9.17) is 16.2 Å². The zero-order valence-corrected chi connectivity index (χ0v) is 16.9. The second-order valence-corrected chi connectivity index (χ2v) is 7.68. The van der Waals surface area contributed by atoms with Gasteiger partial charge in [0.2, 0.25) is 11.6 Å². The van der Waals surface area contributed by atoms with Crippen LogP contribution in [0.15, 0.2) is 30.3 Å². The van der Waals surface area contributed by atoms with Crippen LogP contribution in [0.3, 0.4) is 0 Å². The second-order valence-electron chi connectivity index (χ2n) is 7.68. The van der Waals surface area contributed by atoms with Gasteiger partial charge in [0.05, 0.1) is 43.8 Å². The van der Waals surface area contributed by atoms with Crippen molar-refractivity contribution in [3.05, 3.63) is 47.0 Å². The number of ketones is 1. The van der Waals surface area contributed by atoms with Gasteiger partial charge in [-0.1, -0.05) is 30.3 Å². The van der Waals surface area contributed by atoms with Gasteiger partial charge < -0.3 is 21.1 Å². The highest BCUT2D eigenvalue weighted by molar-refractivity contribution is 6.21. The van der Waals surface area contributed by atoms with Crippen molar-refractivity contribution in [1.29, 1.82) is 5.26 Å². The second kappa shape index (κ2) is 7.41. The number of benzene rings is 1. The Morgan fingerprint density at radius 3 is 2.61 bits per heavy atom. The van der Waals surface area contributed by atoms with E-state index < -0.39 is 0 Å². The van der Waals surface area contributed by atoms with Gasteiger partial charge in [-0.3, -0.25) is 9.69 Å². The lowest BCUT2D eigenvalue weighted by molar-refractivity contribution is -0.345. The number of rotatable bonds is 3. The summed E-state index contributed by atoms with van der Waals surface area (Å²) in [5, 5.41) is 11.0. The molecule has 4 heterocycles.